The summed E-state index contributed by atoms with van der Waals surface area (Å²) in [5.41, 5.74) is 1.04. The minimum atomic E-state index is 0.118. The number of carbonyl (C=O) groups excluding carboxylic acids is 1. The van der Waals surface area contributed by atoms with E-state index in [0.29, 0.717) is 11.6 Å². The van der Waals surface area contributed by atoms with E-state index in [1.54, 1.807) is 6.08 Å². The number of ether oxygens (including phenoxy) is 1. The number of hydrogen-bond donors (Lipinski definition) is 0. The van der Waals surface area contributed by atoms with E-state index in [0.717, 1.165) is 44.0 Å². The molecule has 0 unspecified atom stereocenters. The quantitative estimate of drug-likeness (QED) is 0.781. The highest BCUT2D eigenvalue weighted by Gasteiger charge is 2.19. The van der Waals surface area contributed by atoms with Crippen molar-refractivity contribution in [3.05, 3.63) is 40.9 Å². The SMILES string of the molecule is CC(C)=CC(=O)N1CCN(CCOc2ccccc2Cl)CC1. The molecule has 0 aromatic heterocycles. The van der Waals surface area contributed by atoms with E-state index in [4.69, 9.17) is 16.3 Å². The Morgan fingerprint density at radius 1 is 1.23 bits per heavy atom. The van der Waals surface area contributed by atoms with Gasteiger partial charge in [0.15, 0.2) is 0 Å². The Morgan fingerprint density at radius 2 is 1.91 bits per heavy atom. The molecule has 1 aliphatic heterocycles. The molecule has 1 aliphatic rings. The van der Waals surface area contributed by atoms with E-state index in [2.05, 4.69) is 4.90 Å². The molecule has 1 saturated heterocycles. The first kappa shape index (κ1) is 16.8. The van der Waals surface area contributed by atoms with Gasteiger partial charge in [-0.2, -0.15) is 0 Å². The van der Waals surface area contributed by atoms with Gasteiger partial charge in [-0.05, 0) is 26.0 Å². The summed E-state index contributed by atoms with van der Waals surface area (Å²) in [6, 6.07) is 7.50. The van der Waals surface area contributed by atoms with Crippen molar-refractivity contribution in [2.45, 2.75) is 13.8 Å². The lowest BCUT2D eigenvalue weighted by Gasteiger charge is -2.34. The maximum atomic E-state index is 11.9. The van der Waals surface area contributed by atoms with Crippen LogP contribution in [-0.4, -0.2) is 55.0 Å². The van der Waals surface area contributed by atoms with Gasteiger partial charge >= 0.3 is 0 Å². The molecule has 2 rings (SSSR count). The van der Waals surface area contributed by atoms with Gasteiger partial charge in [-0.25, -0.2) is 0 Å². The Bertz CT molecular complexity index is 533. The fourth-order valence-corrected chi connectivity index (χ4v) is 2.57. The van der Waals surface area contributed by atoms with Crippen LogP contribution in [0.5, 0.6) is 5.75 Å². The zero-order chi connectivity index (χ0) is 15.9. The first-order valence-corrected chi connectivity index (χ1v) is 7.97. The number of nitrogens with zero attached hydrogens (tertiary/aromatic N) is 2. The third kappa shape index (κ3) is 5.04. The van der Waals surface area contributed by atoms with Gasteiger partial charge in [-0.3, -0.25) is 9.69 Å². The van der Waals surface area contributed by atoms with Gasteiger partial charge in [0, 0.05) is 38.8 Å². The molecule has 0 spiro atoms. The largest absolute Gasteiger partial charge is 0.491 e. The van der Waals surface area contributed by atoms with Crippen LogP contribution in [0.15, 0.2) is 35.9 Å². The van der Waals surface area contributed by atoms with Gasteiger partial charge in [0.1, 0.15) is 12.4 Å². The number of benzene rings is 1. The highest BCUT2D eigenvalue weighted by Crippen LogP contribution is 2.22. The van der Waals surface area contributed by atoms with Crippen LogP contribution in [0.3, 0.4) is 0 Å². The van der Waals surface area contributed by atoms with Gasteiger partial charge in [0.05, 0.1) is 5.02 Å². The summed E-state index contributed by atoms with van der Waals surface area (Å²) in [5.74, 6) is 0.841. The summed E-state index contributed by atoms with van der Waals surface area (Å²) in [5, 5.41) is 0.639. The molecule has 4 nitrogen and oxygen atoms in total. The fourth-order valence-electron chi connectivity index (χ4n) is 2.38. The van der Waals surface area contributed by atoms with Crippen LogP contribution in [-0.2, 0) is 4.79 Å². The Hall–Kier alpha value is -1.52. The zero-order valence-corrected chi connectivity index (χ0v) is 14.0. The Kier molecular flexibility index (Phi) is 6.28. The van der Waals surface area contributed by atoms with Gasteiger partial charge in [-0.1, -0.05) is 29.3 Å². The molecule has 22 heavy (non-hydrogen) atoms. The molecule has 0 atom stereocenters. The predicted octanol–water partition coefficient (Wildman–Crippen LogP) is 2.83. The van der Waals surface area contributed by atoms with E-state index < -0.39 is 0 Å². The van der Waals surface area contributed by atoms with E-state index in [1.165, 1.54) is 0 Å². The molecular formula is C17H23ClN2O2. The van der Waals surface area contributed by atoms with E-state index in [1.807, 2.05) is 43.0 Å². The summed E-state index contributed by atoms with van der Waals surface area (Å²) in [6.45, 7) is 8.65. The summed E-state index contributed by atoms with van der Waals surface area (Å²) in [7, 11) is 0. The first-order chi connectivity index (χ1) is 10.6. The second-order valence-electron chi connectivity index (χ2n) is 5.67. The molecule has 1 fully saturated rings. The van der Waals surface area contributed by atoms with Crippen molar-refractivity contribution in [1.29, 1.82) is 0 Å². The lowest BCUT2D eigenvalue weighted by atomic mass is 10.2. The van der Waals surface area contributed by atoms with Crippen LogP contribution in [0.1, 0.15) is 13.8 Å². The minimum absolute atomic E-state index is 0.118. The van der Waals surface area contributed by atoms with E-state index in [9.17, 15) is 4.79 Å². The molecule has 0 radical (unpaired) electrons. The molecule has 1 heterocycles. The number of carbonyl (C=O) groups is 1. The van der Waals surface area contributed by atoms with Crippen molar-refractivity contribution in [2.24, 2.45) is 0 Å². The van der Waals surface area contributed by atoms with Crippen LogP contribution in [0.2, 0.25) is 5.02 Å². The van der Waals surface area contributed by atoms with Crippen LogP contribution in [0.4, 0.5) is 0 Å². The van der Waals surface area contributed by atoms with Crippen LogP contribution in [0.25, 0.3) is 0 Å². The zero-order valence-electron chi connectivity index (χ0n) is 13.2. The smallest absolute Gasteiger partial charge is 0.246 e. The number of amides is 1. The molecular weight excluding hydrogens is 300 g/mol. The van der Waals surface area contributed by atoms with E-state index in [-0.39, 0.29) is 5.91 Å². The highest BCUT2D eigenvalue weighted by molar-refractivity contribution is 6.32. The third-order valence-electron chi connectivity index (χ3n) is 3.60. The molecule has 1 aromatic carbocycles. The molecule has 0 aliphatic carbocycles. The van der Waals surface area contributed by atoms with Crippen molar-refractivity contribution in [1.82, 2.24) is 9.80 Å². The number of allylic oxidation sites excluding steroid dienone is 1. The molecule has 0 saturated carbocycles. The van der Waals surface area contributed by atoms with Crippen molar-refractivity contribution < 1.29 is 9.53 Å². The van der Waals surface area contributed by atoms with Crippen molar-refractivity contribution in [2.75, 3.05) is 39.3 Å². The molecule has 5 heteroatoms. The standard InChI is InChI=1S/C17H23ClN2O2/c1-14(2)13-17(21)20-9-7-19(8-10-20)11-12-22-16-6-4-3-5-15(16)18/h3-6,13H,7-12H2,1-2H3. The second-order valence-corrected chi connectivity index (χ2v) is 6.07. The number of piperazine rings is 1. The summed E-state index contributed by atoms with van der Waals surface area (Å²) < 4.78 is 5.70. The van der Waals surface area contributed by atoms with Gasteiger partial charge < -0.3 is 9.64 Å². The monoisotopic (exact) mass is 322 g/mol. The van der Waals surface area contributed by atoms with E-state index >= 15 is 0 Å². The maximum absolute atomic E-state index is 11.9. The summed E-state index contributed by atoms with van der Waals surface area (Å²) in [4.78, 5) is 16.2. The highest BCUT2D eigenvalue weighted by atomic mass is 35.5. The van der Waals surface area contributed by atoms with Crippen LogP contribution >= 0.6 is 11.6 Å². The second kappa shape index (κ2) is 8.20. The Balaban J connectivity index is 1.71. The number of halogens is 1. The topological polar surface area (TPSA) is 32.8 Å². The maximum Gasteiger partial charge on any atom is 0.246 e. The molecule has 120 valence electrons. The molecule has 1 amide bonds. The Labute approximate surface area is 137 Å². The Morgan fingerprint density at radius 3 is 2.55 bits per heavy atom. The predicted molar refractivity (Wildman–Crippen MR) is 89.4 cm³/mol. The molecule has 0 N–H and O–H groups in total. The van der Waals surface area contributed by atoms with Crippen LogP contribution in [0, 0.1) is 0 Å². The number of hydrogen-bond acceptors (Lipinski definition) is 3. The number of rotatable bonds is 5. The minimum Gasteiger partial charge on any atom is -0.491 e. The van der Waals surface area contributed by atoms with Gasteiger partial charge in [0.25, 0.3) is 0 Å². The fraction of sp³-hybridized carbons (Fsp3) is 0.471. The van der Waals surface area contributed by atoms with Crippen molar-refractivity contribution in [3.63, 3.8) is 0 Å². The summed E-state index contributed by atoms with van der Waals surface area (Å²) >= 11 is 6.05. The van der Waals surface area contributed by atoms with Crippen molar-refractivity contribution in [3.8, 4) is 5.75 Å². The average Bonchev–Trinajstić information content (AvgIpc) is 2.49. The first-order valence-electron chi connectivity index (χ1n) is 7.60. The van der Waals surface area contributed by atoms with Crippen molar-refractivity contribution >= 4 is 17.5 Å². The third-order valence-corrected chi connectivity index (χ3v) is 3.91. The van der Waals surface area contributed by atoms with Gasteiger partial charge in [0.2, 0.25) is 5.91 Å². The normalized spacial score (nSPS) is 15.5. The lowest BCUT2D eigenvalue weighted by molar-refractivity contribution is -0.127. The average molecular weight is 323 g/mol. The number of para-hydroxylation sites is 1. The van der Waals surface area contributed by atoms with Crippen LogP contribution < -0.4 is 4.74 Å². The molecule has 0 bridgehead atoms. The molecule has 1 aromatic rings. The lowest BCUT2D eigenvalue weighted by Crippen LogP contribution is -2.49. The van der Waals surface area contributed by atoms with Gasteiger partial charge in [-0.15, -0.1) is 0 Å². The summed E-state index contributed by atoms with van der Waals surface area (Å²) in [6.07, 6.45) is 1.70.